The molecule has 1 atom stereocenters. The molecule has 0 bridgehead atoms. The highest BCUT2D eigenvalue weighted by molar-refractivity contribution is 9.10. The number of aliphatic hydroxyl groups is 1. The Morgan fingerprint density at radius 3 is 2.32 bits per heavy atom. The molecule has 2 aromatic rings. The quantitative estimate of drug-likeness (QED) is 0.515. The van der Waals surface area contributed by atoms with Crippen LogP contribution >= 0.6 is 15.9 Å². The molecular formula is C17H15BrN2O5. The van der Waals surface area contributed by atoms with Gasteiger partial charge in [-0.05, 0) is 33.6 Å². The minimum absolute atomic E-state index is 0.333. The van der Waals surface area contributed by atoms with E-state index in [2.05, 4.69) is 26.8 Å². The molecule has 2 amide bonds. The predicted octanol–water partition coefficient (Wildman–Crippen LogP) is 1.49. The molecule has 7 nitrogen and oxygen atoms in total. The van der Waals surface area contributed by atoms with E-state index in [1.54, 1.807) is 54.6 Å². The van der Waals surface area contributed by atoms with Gasteiger partial charge in [-0.1, -0.05) is 42.5 Å². The van der Waals surface area contributed by atoms with Crippen molar-refractivity contribution < 1.29 is 24.2 Å². The van der Waals surface area contributed by atoms with Crippen LogP contribution in [0.15, 0.2) is 59.1 Å². The van der Waals surface area contributed by atoms with Gasteiger partial charge in [0.05, 0.1) is 5.56 Å². The molecule has 2 aromatic carbocycles. The molecule has 8 heteroatoms. The normalized spacial score (nSPS) is 11.3. The molecule has 0 saturated carbocycles. The lowest BCUT2D eigenvalue weighted by Crippen LogP contribution is -2.43. The third kappa shape index (κ3) is 5.40. The van der Waals surface area contributed by atoms with Crippen LogP contribution in [0.2, 0.25) is 0 Å². The highest BCUT2D eigenvalue weighted by Crippen LogP contribution is 2.15. The number of carbonyl (C=O) groups is 3. The van der Waals surface area contributed by atoms with Crippen LogP contribution in [0.1, 0.15) is 22.0 Å². The molecule has 0 aromatic heterocycles. The van der Waals surface area contributed by atoms with E-state index in [9.17, 15) is 19.5 Å². The largest absolute Gasteiger partial charge is 0.453 e. The van der Waals surface area contributed by atoms with Crippen molar-refractivity contribution in [3.8, 4) is 0 Å². The topological polar surface area (TPSA) is 105 Å². The van der Waals surface area contributed by atoms with Crippen LogP contribution in [-0.4, -0.2) is 29.5 Å². The summed E-state index contributed by atoms with van der Waals surface area (Å²) in [7, 11) is 0. The van der Waals surface area contributed by atoms with Gasteiger partial charge < -0.3 is 9.84 Å². The van der Waals surface area contributed by atoms with Crippen LogP contribution in [-0.2, 0) is 14.3 Å². The highest BCUT2D eigenvalue weighted by atomic mass is 79.9. The molecular weight excluding hydrogens is 392 g/mol. The van der Waals surface area contributed by atoms with Gasteiger partial charge in [-0.15, -0.1) is 0 Å². The summed E-state index contributed by atoms with van der Waals surface area (Å²) in [6.07, 6.45) is -1.48. The molecule has 0 spiro atoms. The second kappa shape index (κ2) is 8.95. The van der Waals surface area contributed by atoms with Crippen molar-refractivity contribution in [3.05, 3.63) is 70.2 Å². The molecule has 0 radical (unpaired) electrons. The van der Waals surface area contributed by atoms with Gasteiger partial charge in [0.2, 0.25) is 0 Å². The summed E-state index contributed by atoms with van der Waals surface area (Å²) in [5, 5.41) is 9.82. The first-order valence-corrected chi connectivity index (χ1v) is 8.01. The molecule has 0 aliphatic rings. The third-order valence-electron chi connectivity index (χ3n) is 3.12. The fourth-order valence-electron chi connectivity index (χ4n) is 1.86. The smallest absolute Gasteiger partial charge is 0.340 e. The van der Waals surface area contributed by atoms with Crippen LogP contribution in [0, 0.1) is 0 Å². The standard InChI is InChI=1S/C17H15BrN2O5/c18-13-9-5-4-8-12(13)16(23)20-19-14(21)10-25-17(24)15(22)11-6-2-1-3-7-11/h1-9,15,22H,10H2,(H,19,21)(H,20,23)/t15-/m1/s1. The van der Waals surface area contributed by atoms with Crippen molar-refractivity contribution >= 4 is 33.7 Å². The van der Waals surface area contributed by atoms with Gasteiger partial charge in [-0.25, -0.2) is 4.79 Å². The maximum Gasteiger partial charge on any atom is 0.340 e. The van der Waals surface area contributed by atoms with Crippen molar-refractivity contribution in [3.63, 3.8) is 0 Å². The molecule has 0 unspecified atom stereocenters. The SMILES string of the molecule is O=C(COC(=O)[C@H](O)c1ccccc1)NNC(=O)c1ccccc1Br. The number of ether oxygens (including phenoxy) is 1. The Morgan fingerprint density at radius 1 is 1.00 bits per heavy atom. The van der Waals surface area contributed by atoms with Crippen LogP contribution in [0.4, 0.5) is 0 Å². The number of hydrogen-bond acceptors (Lipinski definition) is 5. The van der Waals surface area contributed by atoms with E-state index in [0.29, 0.717) is 15.6 Å². The Kier molecular flexibility index (Phi) is 6.67. The molecule has 130 valence electrons. The van der Waals surface area contributed by atoms with Gasteiger partial charge in [0.25, 0.3) is 11.8 Å². The van der Waals surface area contributed by atoms with Crippen LogP contribution < -0.4 is 10.9 Å². The van der Waals surface area contributed by atoms with Crippen molar-refractivity contribution in [2.45, 2.75) is 6.10 Å². The Morgan fingerprint density at radius 2 is 1.64 bits per heavy atom. The first-order valence-electron chi connectivity index (χ1n) is 7.22. The number of carbonyl (C=O) groups excluding carboxylic acids is 3. The summed E-state index contributed by atoms with van der Waals surface area (Å²) in [6, 6.07) is 14.9. The van der Waals surface area contributed by atoms with E-state index in [0.717, 1.165) is 0 Å². The summed E-state index contributed by atoms with van der Waals surface area (Å²) in [6.45, 7) is -0.640. The molecule has 25 heavy (non-hydrogen) atoms. The summed E-state index contributed by atoms with van der Waals surface area (Å²) in [5.74, 6) is -2.23. The van der Waals surface area contributed by atoms with E-state index in [-0.39, 0.29) is 0 Å². The van der Waals surface area contributed by atoms with Crippen molar-refractivity contribution in [1.29, 1.82) is 0 Å². The summed E-state index contributed by atoms with van der Waals surface area (Å²) in [5.41, 5.74) is 5.02. The second-order valence-corrected chi connectivity index (χ2v) is 5.76. The molecule has 0 saturated heterocycles. The van der Waals surface area contributed by atoms with E-state index < -0.39 is 30.5 Å². The van der Waals surface area contributed by atoms with E-state index >= 15 is 0 Å². The Balaban J connectivity index is 1.78. The minimum atomic E-state index is -1.48. The summed E-state index contributed by atoms with van der Waals surface area (Å²) >= 11 is 3.22. The molecule has 0 heterocycles. The van der Waals surface area contributed by atoms with Gasteiger partial charge in [0, 0.05) is 4.47 Å². The predicted molar refractivity (Wildman–Crippen MR) is 92.1 cm³/mol. The number of amides is 2. The number of hydrogen-bond donors (Lipinski definition) is 3. The fourth-order valence-corrected chi connectivity index (χ4v) is 2.33. The number of rotatable bonds is 5. The van der Waals surface area contributed by atoms with Gasteiger partial charge >= 0.3 is 5.97 Å². The maximum absolute atomic E-state index is 11.9. The Bertz CT molecular complexity index is 767. The highest BCUT2D eigenvalue weighted by Gasteiger charge is 2.20. The second-order valence-electron chi connectivity index (χ2n) is 4.90. The minimum Gasteiger partial charge on any atom is -0.453 e. The molecule has 3 N–H and O–H groups in total. The average molecular weight is 407 g/mol. The van der Waals surface area contributed by atoms with Gasteiger partial charge in [0.1, 0.15) is 0 Å². The average Bonchev–Trinajstić information content (AvgIpc) is 2.64. The summed E-state index contributed by atoms with van der Waals surface area (Å²) in [4.78, 5) is 35.2. The number of halogens is 1. The van der Waals surface area contributed by atoms with Crippen LogP contribution in [0.3, 0.4) is 0 Å². The number of nitrogens with one attached hydrogen (secondary N) is 2. The zero-order valence-electron chi connectivity index (χ0n) is 12.9. The van der Waals surface area contributed by atoms with E-state index in [4.69, 9.17) is 4.74 Å². The number of benzene rings is 2. The van der Waals surface area contributed by atoms with Crippen LogP contribution in [0.5, 0.6) is 0 Å². The lowest BCUT2D eigenvalue weighted by Gasteiger charge is -2.11. The molecule has 2 rings (SSSR count). The Hall–Kier alpha value is -2.71. The molecule has 0 fully saturated rings. The first kappa shape index (κ1) is 18.6. The summed E-state index contributed by atoms with van der Waals surface area (Å²) < 4.78 is 5.29. The van der Waals surface area contributed by atoms with Crippen molar-refractivity contribution in [2.24, 2.45) is 0 Å². The number of esters is 1. The third-order valence-corrected chi connectivity index (χ3v) is 3.81. The molecule has 0 aliphatic heterocycles. The Labute approximate surface area is 152 Å². The maximum atomic E-state index is 11.9. The van der Waals surface area contributed by atoms with Crippen LogP contribution in [0.25, 0.3) is 0 Å². The van der Waals surface area contributed by atoms with E-state index in [1.807, 2.05) is 0 Å². The zero-order chi connectivity index (χ0) is 18.2. The number of hydrazine groups is 1. The zero-order valence-corrected chi connectivity index (χ0v) is 14.5. The van der Waals surface area contributed by atoms with E-state index in [1.165, 1.54) is 0 Å². The molecule has 0 aliphatic carbocycles. The van der Waals surface area contributed by atoms with Crippen molar-refractivity contribution in [2.75, 3.05) is 6.61 Å². The number of aliphatic hydroxyl groups excluding tert-OH is 1. The monoisotopic (exact) mass is 406 g/mol. The first-order chi connectivity index (χ1) is 12.0. The van der Waals surface area contributed by atoms with Gasteiger partial charge in [-0.3, -0.25) is 20.4 Å². The van der Waals surface area contributed by atoms with Gasteiger partial charge in [-0.2, -0.15) is 0 Å². The lowest BCUT2D eigenvalue weighted by molar-refractivity contribution is -0.157. The van der Waals surface area contributed by atoms with Gasteiger partial charge in [0.15, 0.2) is 12.7 Å². The van der Waals surface area contributed by atoms with Crippen molar-refractivity contribution in [1.82, 2.24) is 10.9 Å². The fraction of sp³-hybridized carbons (Fsp3) is 0.118. The lowest BCUT2D eigenvalue weighted by atomic mass is 10.1.